The summed E-state index contributed by atoms with van der Waals surface area (Å²) in [4.78, 5) is 24.1. The van der Waals surface area contributed by atoms with Crippen LogP contribution in [0, 0.1) is 23.7 Å². The van der Waals surface area contributed by atoms with E-state index in [-0.39, 0.29) is 36.6 Å². The first kappa shape index (κ1) is 46.7. The van der Waals surface area contributed by atoms with Crippen molar-refractivity contribution in [3.05, 3.63) is 36.0 Å². The van der Waals surface area contributed by atoms with Gasteiger partial charge in [-0.25, -0.2) is 4.79 Å². The predicted molar refractivity (Wildman–Crippen MR) is 222 cm³/mol. The summed E-state index contributed by atoms with van der Waals surface area (Å²) in [5, 5.41) is 42.8. The molecule has 3 spiro atoms. The Kier molecular flexibility index (Phi) is 14.0. The highest BCUT2D eigenvalue weighted by Crippen LogP contribution is 2.48. The van der Waals surface area contributed by atoms with E-state index in [0.29, 0.717) is 75.4 Å². The van der Waals surface area contributed by atoms with E-state index >= 15 is 0 Å². The Morgan fingerprint density at radius 1 is 1.02 bits per heavy atom. The fourth-order valence-corrected chi connectivity index (χ4v) is 11.2. The monoisotopic (exact) mass is 860 g/mol. The van der Waals surface area contributed by atoms with E-state index in [1.165, 1.54) is 13.8 Å². The van der Waals surface area contributed by atoms with Crippen molar-refractivity contribution in [2.45, 2.75) is 216 Å². The molecule has 7 aliphatic rings. The highest BCUT2D eigenvalue weighted by molar-refractivity contribution is 5.76. The van der Waals surface area contributed by atoms with Gasteiger partial charge in [0.15, 0.2) is 17.2 Å². The first-order valence-electron chi connectivity index (χ1n) is 23.0. The Morgan fingerprint density at radius 3 is 2.49 bits per heavy atom. The molecule has 61 heavy (non-hydrogen) atoms. The summed E-state index contributed by atoms with van der Waals surface area (Å²) in [5.41, 5.74) is -0.571. The molecular weight excluding hydrogens is 789 g/mol. The van der Waals surface area contributed by atoms with E-state index in [1.807, 2.05) is 19.9 Å². The zero-order valence-corrected chi connectivity index (χ0v) is 37.3. The van der Waals surface area contributed by atoms with Gasteiger partial charge in [-0.15, -0.1) is 0 Å². The van der Waals surface area contributed by atoms with E-state index in [0.717, 1.165) is 31.3 Å². The molecule has 6 fully saturated rings. The second kappa shape index (κ2) is 18.3. The molecule has 0 saturated carbocycles. The third kappa shape index (κ3) is 9.89. The third-order valence-electron chi connectivity index (χ3n) is 14.8. The number of hydrogen-bond donors (Lipinski definition) is 4. The van der Waals surface area contributed by atoms with Gasteiger partial charge in [0.1, 0.15) is 30.5 Å². The lowest BCUT2D eigenvalue weighted by molar-refractivity contribution is -0.334. The molecule has 9 unspecified atom stereocenters. The van der Waals surface area contributed by atoms with Crippen LogP contribution in [-0.4, -0.2) is 123 Å². The minimum atomic E-state index is -1.97. The number of aliphatic hydroxyl groups is 3. The molecule has 7 heterocycles. The van der Waals surface area contributed by atoms with Crippen molar-refractivity contribution in [2.24, 2.45) is 23.7 Å². The average molecular weight is 861 g/mol. The number of aliphatic hydroxyl groups excluding tert-OH is 2. The summed E-state index contributed by atoms with van der Waals surface area (Å²) in [6, 6.07) is 0. The van der Waals surface area contributed by atoms with Gasteiger partial charge >= 0.3 is 11.9 Å². The van der Waals surface area contributed by atoms with Crippen LogP contribution < -0.4 is 0 Å². The van der Waals surface area contributed by atoms with E-state index in [2.05, 4.69) is 33.4 Å². The maximum Gasteiger partial charge on any atom is 0.335 e. The summed E-state index contributed by atoms with van der Waals surface area (Å²) in [6.07, 6.45) is 8.14. The number of ether oxygens (including phenoxy) is 8. The Balaban J connectivity index is 0.955. The largest absolute Gasteiger partial charge is 0.479 e. The van der Waals surface area contributed by atoms with E-state index < -0.39 is 77.6 Å². The van der Waals surface area contributed by atoms with Gasteiger partial charge in [-0.1, -0.05) is 52.0 Å². The van der Waals surface area contributed by atoms with Gasteiger partial charge in [0.2, 0.25) is 5.79 Å². The number of carbonyl (C=O) groups excluding carboxylic acids is 1. The lowest BCUT2D eigenvalue weighted by Crippen LogP contribution is -2.60. The number of carboxylic acid groups (broad SMARTS) is 1. The quantitative estimate of drug-likeness (QED) is 0.139. The smallest absolute Gasteiger partial charge is 0.335 e. The fraction of sp³-hybridized carbons (Fsp3) is 0.830. The van der Waals surface area contributed by atoms with E-state index in [4.69, 9.17) is 37.9 Å². The topological polar surface area (TPSA) is 189 Å². The molecule has 0 bridgehead atoms. The van der Waals surface area contributed by atoms with Crippen LogP contribution in [0.1, 0.15) is 132 Å². The summed E-state index contributed by atoms with van der Waals surface area (Å²) in [6.45, 7) is 18.2. The molecule has 7 aliphatic heterocycles. The summed E-state index contributed by atoms with van der Waals surface area (Å²) in [5.74, 6) is -4.18. The number of carbonyl (C=O) groups is 2. The second-order valence-corrected chi connectivity index (χ2v) is 19.9. The Hall–Kier alpha value is -2.24. The molecule has 14 heteroatoms. The number of aliphatic carboxylic acids is 1. The molecule has 0 radical (unpaired) electrons. The zero-order chi connectivity index (χ0) is 44.1. The molecule has 0 aromatic carbocycles. The van der Waals surface area contributed by atoms with Crippen molar-refractivity contribution < 1.29 is 67.9 Å². The zero-order valence-electron chi connectivity index (χ0n) is 37.3. The Bertz CT molecular complexity index is 1660. The van der Waals surface area contributed by atoms with Gasteiger partial charge in [0.25, 0.3) is 0 Å². The number of hydrogen-bond acceptors (Lipinski definition) is 13. The van der Waals surface area contributed by atoms with Crippen LogP contribution in [0.2, 0.25) is 0 Å². The summed E-state index contributed by atoms with van der Waals surface area (Å²) >= 11 is 0. The normalized spacial score (nSPS) is 44.3. The van der Waals surface area contributed by atoms with Gasteiger partial charge < -0.3 is 58.3 Å². The maximum absolute atomic E-state index is 12.5. The number of carboxylic acids is 1. The molecule has 7 rings (SSSR count). The third-order valence-corrected chi connectivity index (χ3v) is 14.8. The molecule has 18 atom stereocenters. The van der Waals surface area contributed by atoms with Gasteiger partial charge in [0, 0.05) is 44.4 Å². The highest BCUT2D eigenvalue weighted by Gasteiger charge is 2.56. The van der Waals surface area contributed by atoms with Gasteiger partial charge in [-0.05, 0) is 95.1 Å². The van der Waals surface area contributed by atoms with Crippen molar-refractivity contribution in [3.63, 3.8) is 0 Å². The van der Waals surface area contributed by atoms with Crippen LogP contribution in [0.25, 0.3) is 0 Å². The molecule has 0 aromatic rings. The highest BCUT2D eigenvalue weighted by atomic mass is 16.7. The lowest BCUT2D eigenvalue weighted by atomic mass is 9.78. The lowest BCUT2D eigenvalue weighted by Gasteiger charge is -2.51. The van der Waals surface area contributed by atoms with Crippen LogP contribution in [0.3, 0.4) is 0 Å². The fourth-order valence-electron chi connectivity index (χ4n) is 11.2. The molecule has 0 aliphatic carbocycles. The summed E-state index contributed by atoms with van der Waals surface area (Å²) < 4.78 is 51.9. The van der Waals surface area contributed by atoms with Crippen LogP contribution in [-0.2, 0) is 47.5 Å². The van der Waals surface area contributed by atoms with Crippen molar-refractivity contribution in [2.75, 3.05) is 6.61 Å². The predicted octanol–water partition coefficient (Wildman–Crippen LogP) is 6.03. The number of rotatable bonds is 11. The molecule has 0 amide bonds. The minimum Gasteiger partial charge on any atom is -0.479 e. The molecular formula is C47H72O14. The number of esters is 1. The van der Waals surface area contributed by atoms with Gasteiger partial charge in [-0.2, -0.15) is 0 Å². The van der Waals surface area contributed by atoms with Crippen molar-refractivity contribution in [1.29, 1.82) is 0 Å². The standard InChI is InChI=1S/C47H72O14/c1-26-22-36(59-47(24-26)38(49)14-13-34(58-47)25-44(8,53)43(51)52)27(2)11-12-33-16-18-45(57-33)19-17-35-42(60-45)39(50)31(6)41(56-35)37(55-32(7)48)23-29(4)40-28(3)15-20-46(61-40)30(5)10-9-21-54-46/h11-12,24,27-30,33-42,49-50,53H,6,9-10,13-23,25H2,1-5,7-8H3,(H,51,52)/b12-11+/t27-,28?,29+,30?,33?,34+,35-,36+,37?,38?,39?,40+,41+,42?,44-,45?,46-,47?/m1/s1. The van der Waals surface area contributed by atoms with Gasteiger partial charge in [0.05, 0.1) is 37.1 Å². The molecule has 6 saturated heterocycles. The van der Waals surface area contributed by atoms with Crippen molar-refractivity contribution in [3.8, 4) is 0 Å². The minimum absolute atomic E-state index is 0.00553. The number of fused-ring (bicyclic) bond motifs is 1. The first-order valence-corrected chi connectivity index (χ1v) is 23.0. The van der Waals surface area contributed by atoms with Gasteiger partial charge in [-0.3, -0.25) is 4.79 Å². The van der Waals surface area contributed by atoms with E-state index in [9.17, 15) is 30.0 Å². The maximum atomic E-state index is 12.5. The van der Waals surface area contributed by atoms with E-state index in [1.54, 1.807) is 6.08 Å². The molecule has 0 aromatic heterocycles. The van der Waals surface area contributed by atoms with Crippen LogP contribution in [0.4, 0.5) is 0 Å². The Morgan fingerprint density at radius 2 is 1.77 bits per heavy atom. The molecule has 344 valence electrons. The van der Waals surface area contributed by atoms with Crippen molar-refractivity contribution >= 4 is 11.9 Å². The second-order valence-electron chi connectivity index (χ2n) is 19.9. The summed E-state index contributed by atoms with van der Waals surface area (Å²) in [7, 11) is 0. The Labute approximate surface area is 361 Å². The van der Waals surface area contributed by atoms with Crippen molar-refractivity contribution in [1.82, 2.24) is 0 Å². The van der Waals surface area contributed by atoms with Crippen LogP contribution in [0.5, 0.6) is 0 Å². The molecule has 4 N–H and O–H groups in total. The average Bonchev–Trinajstić information content (AvgIpc) is 3.59. The SMILES string of the molecule is C=C1C(O)C2OC3(CCC(/C=C/[C@@H](C)[C@@H]4CC(C)=CC5(O[C@H](C[C@@](C)(O)C(=O)O)CCC5O)O4)O3)CC[C@H]2O[C@@H]1C(C[C@H](C)[C@H]1O[C@@]2(CCC1C)OCCCC2C)OC(C)=O. The molecule has 14 nitrogen and oxygen atoms in total. The van der Waals surface area contributed by atoms with Crippen LogP contribution >= 0.6 is 0 Å². The van der Waals surface area contributed by atoms with Crippen LogP contribution in [0.15, 0.2) is 36.0 Å². The first-order chi connectivity index (χ1) is 28.7.